The van der Waals surface area contributed by atoms with Crippen molar-refractivity contribution < 1.29 is 9.53 Å². The van der Waals surface area contributed by atoms with Gasteiger partial charge in [-0.05, 0) is 13.8 Å². The number of nitrogens with one attached hydrogen (secondary N) is 1. The number of nitrogens with zero attached hydrogens (tertiary/aromatic N) is 2. The molecule has 88 valence electrons. The molecule has 6 nitrogen and oxygen atoms in total. The van der Waals surface area contributed by atoms with Crippen LogP contribution in [0.1, 0.15) is 11.4 Å². The molecule has 0 saturated heterocycles. The predicted molar refractivity (Wildman–Crippen MR) is 62.1 cm³/mol. The normalized spacial score (nSPS) is 10.0. The van der Waals surface area contributed by atoms with Gasteiger partial charge in [0, 0.05) is 5.56 Å². The van der Waals surface area contributed by atoms with Crippen molar-refractivity contribution in [2.75, 3.05) is 18.3 Å². The van der Waals surface area contributed by atoms with Crippen LogP contribution < -0.4 is 11.3 Å². The van der Waals surface area contributed by atoms with Crippen molar-refractivity contribution in [3.63, 3.8) is 0 Å². The molecule has 0 fully saturated rings. The maximum atomic E-state index is 11.0. The zero-order chi connectivity index (χ0) is 12.1. The Labute approximate surface area is 98.0 Å². The molecule has 0 atom stereocenters. The van der Waals surface area contributed by atoms with Crippen molar-refractivity contribution in [3.8, 4) is 0 Å². The number of thioether (sulfide) groups is 1. The van der Waals surface area contributed by atoms with Crippen molar-refractivity contribution in [2.24, 2.45) is 5.84 Å². The summed E-state index contributed by atoms with van der Waals surface area (Å²) in [5.41, 5.74) is 3.32. The molecule has 0 spiro atoms. The van der Waals surface area contributed by atoms with Gasteiger partial charge in [0.15, 0.2) is 0 Å². The lowest BCUT2D eigenvalue weighted by Gasteiger charge is -2.09. The summed E-state index contributed by atoms with van der Waals surface area (Å²) in [6.45, 7) is 3.61. The highest BCUT2D eigenvalue weighted by atomic mass is 32.2. The first-order valence-electron chi connectivity index (χ1n) is 4.60. The summed E-state index contributed by atoms with van der Waals surface area (Å²) in [5.74, 6) is 6.43. The Hall–Kier alpha value is -1.34. The molecular formula is C9H14N4O2S. The molecule has 0 amide bonds. The SMILES string of the molecule is COC(=O)CSc1nc(C)nc(NN)c1C. The molecule has 1 aromatic heterocycles. The van der Waals surface area contributed by atoms with E-state index in [1.165, 1.54) is 18.9 Å². The first kappa shape index (κ1) is 12.7. The van der Waals surface area contributed by atoms with Crippen LogP contribution in [0.15, 0.2) is 5.03 Å². The molecule has 0 bridgehead atoms. The molecule has 16 heavy (non-hydrogen) atoms. The molecule has 0 aliphatic carbocycles. The predicted octanol–water partition coefficient (Wildman–Crippen LogP) is 0.644. The highest BCUT2D eigenvalue weighted by Gasteiger charge is 2.10. The van der Waals surface area contributed by atoms with Gasteiger partial charge >= 0.3 is 5.97 Å². The van der Waals surface area contributed by atoms with E-state index in [0.29, 0.717) is 11.6 Å². The average Bonchev–Trinajstić information content (AvgIpc) is 2.29. The summed E-state index contributed by atoms with van der Waals surface area (Å²) >= 11 is 1.30. The number of carbonyl (C=O) groups is 1. The number of esters is 1. The number of ether oxygens (including phenoxy) is 1. The molecule has 0 aliphatic heterocycles. The summed E-state index contributed by atoms with van der Waals surface area (Å²) in [4.78, 5) is 19.4. The summed E-state index contributed by atoms with van der Waals surface area (Å²) in [5, 5.41) is 0.728. The Balaban J connectivity index is 2.87. The van der Waals surface area contributed by atoms with Crippen LogP contribution in [0.5, 0.6) is 0 Å². The lowest BCUT2D eigenvalue weighted by Crippen LogP contribution is -2.12. The fourth-order valence-electron chi connectivity index (χ4n) is 1.07. The van der Waals surface area contributed by atoms with Crippen LogP contribution in [-0.2, 0) is 9.53 Å². The summed E-state index contributed by atoms with van der Waals surface area (Å²) in [6.07, 6.45) is 0. The van der Waals surface area contributed by atoms with Crippen LogP contribution in [-0.4, -0.2) is 28.8 Å². The molecule has 3 N–H and O–H groups in total. The third kappa shape index (κ3) is 3.07. The van der Waals surface area contributed by atoms with Crippen LogP contribution in [0.3, 0.4) is 0 Å². The number of nitrogens with two attached hydrogens (primary N) is 1. The molecule has 1 rings (SSSR count). The monoisotopic (exact) mass is 242 g/mol. The zero-order valence-electron chi connectivity index (χ0n) is 9.40. The van der Waals surface area contributed by atoms with Gasteiger partial charge in [-0.25, -0.2) is 15.8 Å². The van der Waals surface area contributed by atoms with Crippen molar-refractivity contribution in [3.05, 3.63) is 11.4 Å². The highest BCUT2D eigenvalue weighted by molar-refractivity contribution is 7.99. The zero-order valence-corrected chi connectivity index (χ0v) is 10.2. The van der Waals surface area contributed by atoms with E-state index in [-0.39, 0.29) is 11.7 Å². The number of aryl methyl sites for hydroxylation is 1. The second-order valence-electron chi connectivity index (χ2n) is 3.06. The summed E-state index contributed by atoms with van der Waals surface area (Å²) < 4.78 is 4.56. The van der Waals surface area contributed by atoms with Crippen molar-refractivity contribution >= 4 is 23.5 Å². The molecule has 0 aromatic carbocycles. The maximum Gasteiger partial charge on any atom is 0.316 e. The highest BCUT2D eigenvalue weighted by Crippen LogP contribution is 2.24. The van der Waals surface area contributed by atoms with Gasteiger partial charge in [0.05, 0.1) is 12.9 Å². The van der Waals surface area contributed by atoms with E-state index in [9.17, 15) is 4.79 Å². The van der Waals surface area contributed by atoms with Crippen molar-refractivity contribution in [1.82, 2.24) is 9.97 Å². The second kappa shape index (κ2) is 5.66. The Morgan fingerprint density at radius 2 is 2.19 bits per heavy atom. The number of carbonyl (C=O) groups excluding carboxylic acids is 1. The number of hydrazine groups is 1. The molecule has 0 aliphatic rings. The Morgan fingerprint density at radius 3 is 2.75 bits per heavy atom. The van der Waals surface area contributed by atoms with Gasteiger partial charge in [-0.1, -0.05) is 11.8 Å². The number of hydrogen-bond acceptors (Lipinski definition) is 7. The van der Waals surface area contributed by atoms with Crippen molar-refractivity contribution in [2.45, 2.75) is 18.9 Å². The fraction of sp³-hybridized carbons (Fsp3) is 0.444. The number of aromatic nitrogens is 2. The lowest BCUT2D eigenvalue weighted by molar-refractivity contribution is -0.137. The van der Waals surface area contributed by atoms with E-state index in [1.807, 2.05) is 6.92 Å². The van der Waals surface area contributed by atoms with Gasteiger partial charge in [0.1, 0.15) is 16.7 Å². The van der Waals surface area contributed by atoms with E-state index in [1.54, 1.807) is 6.92 Å². The molecule has 0 radical (unpaired) electrons. The van der Waals surface area contributed by atoms with Gasteiger partial charge in [0.2, 0.25) is 0 Å². The van der Waals surface area contributed by atoms with E-state index in [2.05, 4.69) is 20.1 Å². The molecule has 0 saturated carbocycles. The van der Waals surface area contributed by atoms with E-state index >= 15 is 0 Å². The molecule has 1 aromatic rings. The smallest absolute Gasteiger partial charge is 0.316 e. The number of anilines is 1. The van der Waals surface area contributed by atoms with Crippen LogP contribution in [0.4, 0.5) is 5.82 Å². The van der Waals surface area contributed by atoms with Gasteiger partial charge in [-0.15, -0.1) is 0 Å². The molecule has 7 heteroatoms. The fourth-order valence-corrected chi connectivity index (χ4v) is 1.95. The number of hydrogen-bond donors (Lipinski definition) is 2. The topological polar surface area (TPSA) is 90.1 Å². The third-order valence-electron chi connectivity index (χ3n) is 1.90. The number of rotatable bonds is 4. The van der Waals surface area contributed by atoms with E-state index < -0.39 is 0 Å². The van der Waals surface area contributed by atoms with E-state index in [0.717, 1.165) is 10.6 Å². The summed E-state index contributed by atoms with van der Waals surface area (Å²) in [6, 6.07) is 0. The average molecular weight is 242 g/mol. The van der Waals surface area contributed by atoms with Crippen molar-refractivity contribution in [1.29, 1.82) is 0 Å². The minimum Gasteiger partial charge on any atom is -0.468 e. The summed E-state index contributed by atoms with van der Waals surface area (Å²) in [7, 11) is 1.36. The van der Waals surface area contributed by atoms with Gasteiger partial charge in [-0.2, -0.15) is 0 Å². The molecular weight excluding hydrogens is 228 g/mol. The van der Waals surface area contributed by atoms with E-state index in [4.69, 9.17) is 5.84 Å². The minimum absolute atomic E-state index is 0.220. The third-order valence-corrected chi connectivity index (χ3v) is 2.96. The molecule has 0 unspecified atom stereocenters. The minimum atomic E-state index is -0.289. The first-order chi connectivity index (χ1) is 7.58. The molecule has 1 heterocycles. The van der Waals surface area contributed by atoms with Crippen LogP contribution in [0.2, 0.25) is 0 Å². The number of methoxy groups -OCH3 is 1. The Bertz CT molecular complexity index is 397. The second-order valence-corrected chi connectivity index (χ2v) is 4.02. The Kier molecular flexibility index (Phi) is 4.51. The largest absolute Gasteiger partial charge is 0.468 e. The quantitative estimate of drug-likeness (QED) is 0.263. The lowest BCUT2D eigenvalue weighted by atomic mass is 10.3. The number of nitrogen functional groups attached to an aromatic ring is 1. The van der Waals surface area contributed by atoms with Gasteiger partial charge < -0.3 is 10.2 Å². The first-order valence-corrected chi connectivity index (χ1v) is 5.58. The van der Waals surface area contributed by atoms with Crippen LogP contribution >= 0.6 is 11.8 Å². The maximum absolute atomic E-state index is 11.0. The van der Waals surface area contributed by atoms with Gasteiger partial charge in [-0.3, -0.25) is 4.79 Å². The van der Waals surface area contributed by atoms with Crippen LogP contribution in [0, 0.1) is 13.8 Å². The Morgan fingerprint density at radius 1 is 1.50 bits per heavy atom. The van der Waals surface area contributed by atoms with Crippen LogP contribution in [0.25, 0.3) is 0 Å². The standard InChI is InChI=1S/C9H14N4O2S/c1-5-8(13-10)11-6(2)12-9(5)16-4-7(14)15-3/h4,10H2,1-3H3,(H,11,12,13). The van der Waals surface area contributed by atoms with Gasteiger partial charge in [0.25, 0.3) is 0 Å².